The Balaban J connectivity index is 1.66. The number of rotatable bonds is 6. The van der Waals surface area contributed by atoms with E-state index in [9.17, 15) is 9.59 Å². The molecule has 0 aromatic carbocycles. The standard InChI is InChI=1S/C20H33N7O3/c1-4-24-5-7-26(8-6-24)15-16-21-18-17(19(28)23(3)20(29)22(18)2)27(16)10-9-25-11-13-30-14-12-25/h4-15H2,1-3H3. The van der Waals surface area contributed by atoms with E-state index in [2.05, 4.69) is 21.6 Å². The number of likely N-dealkylation sites (N-methyl/N-ethyl adjacent to an activating group) is 1. The zero-order valence-electron chi connectivity index (χ0n) is 18.3. The number of fused-ring (bicyclic) bond motifs is 1. The number of aryl methyl sites for hydroxylation is 1. The molecule has 4 heterocycles. The number of imidazole rings is 1. The number of hydrogen-bond acceptors (Lipinski definition) is 7. The molecule has 0 unspecified atom stereocenters. The lowest BCUT2D eigenvalue weighted by Gasteiger charge is -2.33. The minimum atomic E-state index is -0.339. The van der Waals surface area contributed by atoms with E-state index < -0.39 is 0 Å². The molecule has 0 spiro atoms. The van der Waals surface area contributed by atoms with Crippen molar-refractivity contribution in [3.8, 4) is 0 Å². The van der Waals surface area contributed by atoms with Gasteiger partial charge in [-0.3, -0.25) is 23.7 Å². The topological polar surface area (TPSA) is 80.8 Å². The Labute approximate surface area is 176 Å². The number of ether oxygens (including phenoxy) is 1. The molecule has 10 nitrogen and oxygen atoms in total. The predicted molar refractivity (Wildman–Crippen MR) is 115 cm³/mol. The second-order valence-corrected chi connectivity index (χ2v) is 8.22. The van der Waals surface area contributed by atoms with Crippen molar-refractivity contribution in [1.29, 1.82) is 0 Å². The number of piperazine rings is 1. The molecule has 2 aliphatic heterocycles. The van der Waals surface area contributed by atoms with Crippen LogP contribution < -0.4 is 11.2 Å². The van der Waals surface area contributed by atoms with Crippen molar-refractivity contribution in [1.82, 2.24) is 33.4 Å². The first-order valence-corrected chi connectivity index (χ1v) is 10.9. The van der Waals surface area contributed by atoms with Gasteiger partial charge >= 0.3 is 5.69 Å². The van der Waals surface area contributed by atoms with E-state index >= 15 is 0 Å². The Kier molecular flexibility index (Phi) is 6.37. The fourth-order valence-corrected chi connectivity index (χ4v) is 4.38. The van der Waals surface area contributed by atoms with Gasteiger partial charge < -0.3 is 14.2 Å². The van der Waals surface area contributed by atoms with Crippen LogP contribution in [-0.4, -0.2) is 99.0 Å². The van der Waals surface area contributed by atoms with Crippen LogP contribution in [0.25, 0.3) is 11.2 Å². The van der Waals surface area contributed by atoms with Gasteiger partial charge in [0.2, 0.25) is 0 Å². The number of hydrogen-bond donors (Lipinski definition) is 0. The summed E-state index contributed by atoms with van der Waals surface area (Å²) in [4.78, 5) is 37.4. The molecular formula is C20H33N7O3. The average molecular weight is 420 g/mol. The molecular weight excluding hydrogens is 386 g/mol. The smallest absolute Gasteiger partial charge is 0.332 e. The van der Waals surface area contributed by atoms with E-state index in [1.165, 1.54) is 16.2 Å². The van der Waals surface area contributed by atoms with Gasteiger partial charge in [0.15, 0.2) is 11.2 Å². The largest absolute Gasteiger partial charge is 0.379 e. The summed E-state index contributed by atoms with van der Waals surface area (Å²) in [6, 6.07) is 0. The van der Waals surface area contributed by atoms with Crippen molar-refractivity contribution in [3.05, 3.63) is 26.7 Å². The summed E-state index contributed by atoms with van der Waals surface area (Å²) in [5, 5.41) is 0. The summed E-state index contributed by atoms with van der Waals surface area (Å²) < 4.78 is 10.2. The molecule has 2 aliphatic rings. The Morgan fingerprint density at radius 3 is 2.20 bits per heavy atom. The van der Waals surface area contributed by atoms with E-state index in [1.807, 2.05) is 4.57 Å². The molecule has 0 bridgehead atoms. The van der Waals surface area contributed by atoms with Gasteiger partial charge in [-0.2, -0.15) is 0 Å². The minimum Gasteiger partial charge on any atom is -0.379 e. The van der Waals surface area contributed by atoms with E-state index in [4.69, 9.17) is 9.72 Å². The van der Waals surface area contributed by atoms with E-state index in [0.717, 1.165) is 71.4 Å². The molecule has 10 heteroatoms. The molecule has 0 saturated carbocycles. The summed E-state index contributed by atoms with van der Waals surface area (Å²) in [6.07, 6.45) is 0. The van der Waals surface area contributed by atoms with Crippen molar-refractivity contribution in [2.45, 2.75) is 20.0 Å². The highest BCUT2D eigenvalue weighted by Gasteiger charge is 2.23. The first-order chi connectivity index (χ1) is 14.5. The molecule has 2 aromatic heterocycles. The molecule has 2 fully saturated rings. The SMILES string of the molecule is CCN1CCN(Cc2nc3c(c(=O)n(C)c(=O)n3C)n2CCN2CCOCC2)CC1. The Morgan fingerprint density at radius 1 is 0.867 bits per heavy atom. The van der Waals surface area contributed by atoms with Crippen molar-refractivity contribution < 1.29 is 4.74 Å². The maximum Gasteiger partial charge on any atom is 0.332 e. The van der Waals surface area contributed by atoms with Crippen LogP contribution in [0.1, 0.15) is 12.7 Å². The first kappa shape index (κ1) is 21.2. The quantitative estimate of drug-likeness (QED) is 0.588. The molecule has 4 rings (SSSR count). The van der Waals surface area contributed by atoms with Crippen molar-refractivity contribution in [2.24, 2.45) is 14.1 Å². The van der Waals surface area contributed by atoms with Crippen LogP contribution in [0.2, 0.25) is 0 Å². The summed E-state index contributed by atoms with van der Waals surface area (Å²) in [7, 11) is 3.22. The summed E-state index contributed by atoms with van der Waals surface area (Å²) >= 11 is 0. The fourth-order valence-electron chi connectivity index (χ4n) is 4.38. The fraction of sp³-hybridized carbons (Fsp3) is 0.750. The van der Waals surface area contributed by atoms with Crippen LogP contribution in [0, 0.1) is 0 Å². The van der Waals surface area contributed by atoms with Gasteiger partial charge in [0.1, 0.15) is 5.82 Å². The Morgan fingerprint density at radius 2 is 1.53 bits per heavy atom. The Hall–Kier alpha value is -2.01. The van der Waals surface area contributed by atoms with Crippen LogP contribution >= 0.6 is 0 Å². The molecule has 0 radical (unpaired) electrons. The van der Waals surface area contributed by atoms with Gasteiger partial charge in [-0.25, -0.2) is 9.78 Å². The average Bonchev–Trinajstić information content (AvgIpc) is 3.14. The van der Waals surface area contributed by atoms with Crippen LogP contribution in [0.4, 0.5) is 0 Å². The van der Waals surface area contributed by atoms with Crippen molar-refractivity contribution >= 4 is 11.2 Å². The van der Waals surface area contributed by atoms with E-state index in [1.54, 1.807) is 7.05 Å². The maximum absolute atomic E-state index is 13.0. The van der Waals surface area contributed by atoms with Gasteiger partial charge in [0.05, 0.1) is 19.8 Å². The van der Waals surface area contributed by atoms with Crippen LogP contribution in [0.15, 0.2) is 9.59 Å². The molecule has 2 saturated heterocycles. The molecule has 166 valence electrons. The highest BCUT2D eigenvalue weighted by Crippen LogP contribution is 2.15. The highest BCUT2D eigenvalue weighted by molar-refractivity contribution is 5.71. The second kappa shape index (κ2) is 9.01. The van der Waals surface area contributed by atoms with Crippen molar-refractivity contribution in [3.63, 3.8) is 0 Å². The third kappa shape index (κ3) is 4.09. The molecule has 0 N–H and O–H groups in total. The third-order valence-electron chi connectivity index (χ3n) is 6.45. The zero-order chi connectivity index (χ0) is 21.3. The lowest BCUT2D eigenvalue weighted by atomic mass is 10.3. The normalized spacial score (nSPS) is 19.7. The highest BCUT2D eigenvalue weighted by atomic mass is 16.5. The summed E-state index contributed by atoms with van der Waals surface area (Å²) in [5.74, 6) is 0.863. The first-order valence-electron chi connectivity index (χ1n) is 10.9. The Bertz CT molecular complexity index is 994. The van der Waals surface area contributed by atoms with Gasteiger partial charge in [-0.05, 0) is 6.54 Å². The lowest BCUT2D eigenvalue weighted by Crippen LogP contribution is -2.46. The second-order valence-electron chi connectivity index (χ2n) is 8.22. The van der Waals surface area contributed by atoms with Gasteiger partial charge in [0, 0.05) is 66.5 Å². The van der Waals surface area contributed by atoms with Crippen LogP contribution in [0.5, 0.6) is 0 Å². The molecule has 0 aliphatic carbocycles. The van der Waals surface area contributed by atoms with Gasteiger partial charge in [0.25, 0.3) is 5.56 Å². The van der Waals surface area contributed by atoms with E-state index in [-0.39, 0.29) is 11.2 Å². The monoisotopic (exact) mass is 419 g/mol. The number of nitrogens with zero attached hydrogens (tertiary/aromatic N) is 7. The van der Waals surface area contributed by atoms with Gasteiger partial charge in [-0.1, -0.05) is 6.92 Å². The number of morpholine rings is 1. The van der Waals surface area contributed by atoms with Crippen LogP contribution in [-0.2, 0) is 31.9 Å². The zero-order valence-corrected chi connectivity index (χ0v) is 18.3. The number of aromatic nitrogens is 4. The summed E-state index contributed by atoms with van der Waals surface area (Å²) in [6.45, 7) is 12.8. The molecule has 2 aromatic rings. The van der Waals surface area contributed by atoms with E-state index in [0.29, 0.717) is 24.3 Å². The molecule has 0 amide bonds. The lowest BCUT2D eigenvalue weighted by molar-refractivity contribution is 0.0363. The van der Waals surface area contributed by atoms with Gasteiger partial charge in [-0.15, -0.1) is 0 Å². The third-order valence-corrected chi connectivity index (χ3v) is 6.45. The molecule has 30 heavy (non-hydrogen) atoms. The van der Waals surface area contributed by atoms with Crippen LogP contribution in [0.3, 0.4) is 0 Å². The summed E-state index contributed by atoms with van der Waals surface area (Å²) in [5.41, 5.74) is 0.389. The minimum absolute atomic E-state index is 0.273. The van der Waals surface area contributed by atoms with Crippen molar-refractivity contribution in [2.75, 3.05) is 65.6 Å². The predicted octanol–water partition coefficient (Wildman–Crippen LogP) is -1.10. The molecule has 0 atom stereocenters. The maximum atomic E-state index is 13.0.